The Morgan fingerprint density at radius 3 is 2.20 bits per heavy atom. The minimum absolute atomic E-state index is 0.0328. The lowest BCUT2D eigenvalue weighted by Gasteiger charge is -2.22. The first kappa shape index (κ1) is 18.7. The van der Waals surface area contributed by atoms with Gasteiger partial charge in [0.15, 0.2) is 0 Å². The molecule has 25 heavy (non-hydrogen) atoms. The highest BCUT2D eigenvalue weighted by molar-refractivity contribution is 5.91. The molecule has 4 nitrogen and oxygen atoms in total. The van der Waals surface area contributed by atoms with Gasteiger partial charge < -0.3 is 10.2 Å². The van der Waals surface area contributed by atoms with Crippen molar-refractivity contribution in [2.24, 2.45) is 0 Å². The van der Waals surface area contributed by atoms with Gasteiger partial charge in [-0.1, -0.05) is 56.3 Å². The molecule has 0 saturated heterocycles. The van der Waals surface area contributed by atoms with Gasteiger partial charge in [-0.25, -0.2) is 0 Å². The first-order valence-corrected chi connectivity index (χ1v) is 8.66. The summed E-state index contributed by atoms with van der Waals surface area (Å²) in [5, 5.41) is 2.88. The van der Waals surface area contributed by atoms with Gasteiger partial charge in [-0.2, -0.15) is 0 Å². The second-order valence-electron chi connectivity index (χ2n) is 6.43. The molecule has 132 valence electrons. The quantitative estimate of drug-likeness (QED) is 0.840. The highest BCUT2D eigenvalue weighted by Gasteiger charge is 2.12. The second-order valence-corrected chi connectivity index (χ2v) is 6.43. The lowest BCUT2D eigenvalue weighted by atomic mass is 10.0. The van der Waals surface area contributed by atoms with Crippen LogP contribution in [0.2, 0.25) is 0 Å². The zero-order valence-corrected chi connectivity index (χ0v) is 15.2. The van der Waals surface area contributed by atoms with Crippen LogP contribution in [0.15, 0.2) is 54.6 Å². The smallest absolute Gasteiger partial charge is 0.224 e. The Balaban J connectivity index is 1.89. The minimum Gasteiger partial charge on any atom is -0.354 e. The molecule has 0 aromatic heterocycles. The lowest BCUT2D eigenvalue weighted by Crippen LogP contribution is -2.38. The number of nitrogens with one attached hydrogen (secondary N) is 1. The van der Waals surface area contributed by atoms with Crippen LogP contribution in [-0.4, -0.2) is 24.9 Å². The number of anilines is 1. The van der Waals surface area contributed by atoms with Crippen LogP contribution in [-0.2, 0) is 16.0 Å². The van der Waals surface area contributed by atoms with Gasteiger partial charge in [-0.15, -0.1) is 0 Å². The summed E-state index contributed by atoms with van der Waals surface area (Å²) in [6.45, 7) is 6.70. The van der Waals surface area contributed by atoms with Gasteiger partial charge in [0.2, 0.25) is 11.8 Å². The number of amides is 2. The van der Waals surface area contributed by atoms with Crippen molar-refractivity contribution < 1.29 is 9.59 Å². The Hall–Kier alpha value is -2.62. The Morgan fingerprint density at radius 1 is 1.00 bits per heavy atom. The molecule has 0 aliphatic rings. The Morgan fingerprint density at radius 2 is 1.64 bits per heavy atom. The van der Waals surface area contributed by atoms with E-state index >= 15 is 0 Å². The normalized spacial score (nSPS) is 10.6. The van der Waals surface area contributed by atoms with E-state index in [0.717, 1.165) is 11.3 Å². The van der Waals surface area contributed by atoms with Gasteiger partial charge in [0, 0.05) is 25.7 Å². The van der Waals surface area contributed by atoms with Crippen LogP contribution in [0.4, 0.5) is 5.69 Å². The summed E-state index contributed by atoms with van der Waals surface area (Å²) < 4.78 is 0. The standard InChI is InChI=1S/C21H26N2O2/c1-16(2)19-9-11-20(12-10-19)23(17(3)24)14-13-22-21(25)15-18-7-5-4-6-8-18/h4-12,16H,13-15H2,1-3H3,(H,22,25). The third kappa shape index (κ3) is 5.75. The molecule has 0 heterocycles. The van der Waals surface area contributed by atoms with Crippen LogP contribution in [0.25, 0.3) is 0 Å². The molecule has 4 heteroatoms. The van der Waals surface area contributed by atoms with Crippen molar-refractivity contribution in [3.05, 3.63) is 65.7 Å². The van der Waals surface area contributed by atoms with E-state index in [1.54, 1.807) is 11.8 Å². The van der Waals surface area contributed by atoms with Gasteiger partial charge in [0.25, 0.3) is 0 Å². The fourth-order valence-electron chi connectivity index (χ4n) is 2.66. The molecule has 0 fully saturated rings. The van der Waals surface area contributed by atoms with E-state index < -0.39 is 0 Å². The van der Waals surface area contributed by atoms with E-state index in [0.29, 0.717) is 25.4 Å². The van der Waals surface area contributed by atoms with Crippen LogP contribution >= 0.6 is 0 Å². The first-order chi connectivity index (χ1) is 12.0. The molecule has 0 aliphatic carbocycles. The maximum absolute atomic E-state index is 12.0. The Labute approximate surface area is 149 Å². The van der Waals surface area contributed by atoms with Crippen LogP contribution in [0.3, 0.4) is 0 Å². The lowest BCUT2D eigenvalue weighted by molar-refractivity contribution is -0.121. The maximum Gasteiger partial charge on any atom is 0.224 e. The van der Waals surface area contributed by atoms with E-state index in [4.69, 9.17) is 0 Å². The van der Waals surface area contributed by atoms with Crippen molar-refractivity contribution in [3.63, 3.8) is 0 Å². The fraction of sp³-hybridized carbons (Fsp3) is 0.333. The molecule has 0 unspecified atom stereocenters. The van der Waals surface area contributed by atoms with Gasteiger partial charge in [-0.05, 0) is 29.2 Å². The summed E-state index contributed by atoms with van der Waals surface area (Å²) in [5.41, 5.74) is 3.07. The van der Waals surface area contributed by atoms with Gasteiger partial charge in [0.1, 0.15) is 0 Å². The van der Waals surface area contributed by atoms with Crippen molar-refractivity contribution in [2.75, 3.05) is 18.0 Å². The number of hydrogen-bond donors (Lipinski definition) is 1. The number of nitrogens with zero attached hydrogens (tertiary/aromatic N) is 1. The van der Waals surface area contributed by atoms with Crippen LogP contribution in [0.1, 0.15) is 37.8 Å². The summed E-state index contributed by atoms with van der Waals surface area (Å²) in [7, 11) is 0. The molecular formula is C21H26N2O2. The number of rotatable bonds is 7. The first-order valence-electron chi connectivity index (χ1n) is 8.66. The minimum atomic E-state index is -0.0372. The van der Waals surface area contributed by atoms with Crippen molar-refractivity contribution in [3.8, 4) is 0 Å². The molecule has 1 N–H and O–H groups in total. The topological polar surface area (TPSA) is 49.4 Å². The van der Waals surface area contributed by atoms with E-state index in [1.807, 2.05) is 54.6 Å². The summed E-state index contributed by atoms with van der Waals surface area (Å²) in [6.07, 6.45) is 0.351. The average Bonchev–Trinajstić information content (AvgIpc) is 2.59. The summed E-state index contributed by atoms with van der Waals surface area (Å²) >= 11 is 0. The van der Waals surface area contributed by atoms with Crippen LogP contribution in [0, 0.1) is 0 Å². The van der Waals surface area contributed by atoms with Crippen molar-refractivity contribution in [2.45, 2.75) is 33.1 Å². The molecule has 2 amide bonds. The van der Waals surface area contributed by atoms with Crippen LogP contribution in [0.5, 0.6) is 0 Å². The molecule has 2 aromatic rings. The molecular weight excluding hydrogens is 312 g/mol. The predicted molar refractivity (Wildman–Crippen MR) is 102 cm³/mol. The Bertz CT molecular complexity index is 694. The molecule has 0 saturated carbocycles. The average molecular weight is 338 g/mol. The summed E-state index contributed by atoms with van der Waals surface area (Å²) in [4.78, 5) is 25.6. The van der Waals surface area contributed by atoms with Gasteiger partial charge in [0.05, 0.1) is 6.42 Å². The molecule has 0 atom stereocenters. The zero-order chi connectivity index (χ0) is 18.2. The largest absolute Gasteiger partial charge is 0.354 e. The van der Waals surface area contributed by atoms with Gasteiger partial charge in [-0.3, -0.25) is 9.59 Å². The molecule has 2 aromatic carbocycles. The molecule has 0 spiro atoms. The zero-order valence-electron chi connectivity index (χ0n) is 15.2. The van der Waals surface area contributed by atoms with E-state index in [9.17, 15) is 9.59 Å². The molecule has 0 radical (unpaired) electrons. The maximum atomic E-state index is 12.0. The summed E-state index contributed by atoms with van der Waals surface area (Å²) in [6, 6.07) is 17.6. The molecule has 0 bridgehead atoms. The number of carbonyl (C=O) groups excluding carboxylic acids is 2. The van der Waals surface area contributed by atoms with Gasteiger partial charge >= 0.3 is 0 Å². The third-order valence-electron chi connectivity index (χ3n) is 4.12. The van der Waals surface area contributed by atoms with E-state index in [-0.39, 0.29) is 11.8 Å². The number of hydrogen-bond acceptors (Lipinski definition) is 2. The highest BCUT2D eigenvalue weighted by atomic mass is 16.2. The third-order valence-corrected chi connectivity index (χ3v) is 4.12. The fourth-order valence-corrected chi connectivity index (χ4v) is 2.66. The second kappa shape index (κ2) is 9.02. The van der Waals surface area contributed by atoms with Crippen molar-refractivity contribution >= 4 is 17.5 Å². The monoisotopic (exact) mass is 338 g/mol. The Kier molecular flexibility index (Phi) is 6.75. The summed E-state index contributed by atoms with van der Waals surface area (Å²) in [5.74, 6) is 0.386. The van der Waals surface area contributed by atoms with Crippen molar-refractivity contribution in [1.82, 2.24) is 5.32 Å². The number of benzene rings is 2. The van der Waals surface area contributed by atoms with E-state index in [1.165, 1.54) is 5.56 Å². The molecule has 0 aliphatic heterocycles. The molecule has 2 rings (SSSR count). The SMILES string of the molecule is CC(=O)N(CCNC(=O)Cc1ccccc1)c1ccc(C(C)C)cc1. The van der Waals surface area contributed by atoms with E-state index in [2.05, 4.69) is 19.2 Å². The highest BCUT2D eigenvalue weighted by Crippen LogP contribution is 2.20. The predicted octanol–water partition coefficient (Wildman–Crippen LogP) is 3.52. The van der Waals surface area contributed by atoms with Crippen molar-refractivity contribution in [1.29, 1.82) is 0 Å². The van der Waals surface area contributed by atoms with Crippen LogP contribution < -0.4 is 10.2 Å². The number of carbonyl (C=O) groups is 2.